The second-order valence-corrected chi connectivity index (χ2v) is 9.86. The van der Waals surface area contributed by atoms with E-state index in [9.17, 15) is 0 Å². The highest BCUT2D eigenvalue weighted by Gasteiger charge is 2.35. The van der Waals surface area contributed by atoms with Gasteiger partial charge < -0.3 is 14.2 Å². The van der Waals surface area contributed by atoms with Gasteiger partial charge in [-0.15, -0.1) is 5.10 Å². The van der Waals surface area contributed by atoms with E-state index in [0.717, 1.165) is 43.2 Å². The lowest BCUT2D eigenvalue weighted by molar-refractivity contribution is 0.354. The maximum Gasteiger partial charge on any atom is 0.228 e. The minimum Gasteiger partial charge on any atom is -0.493 e. The van der Waals surface area contributed by atoms with Gasteiger partial charge in [0.1, 0.15) is 12.1 Å². The van der Waals surface area contributed by atoms with E-state index in [1.165, 1.54) is 0 Å². The Kier molecular flexibility index (Phi) is 5.30. The zero-order valence-electron chi connectivity index (χ0n) is 20.6. The van der Waals surface area contributed by atoms with Crippen LogP contribution in [-0.2, 0) is 0 Å². The number of halogens is 1. The lowest BCUT2D eigenvalue weighted by atomic mass is 9.82. The highest BCUT2D eigenvalue weighted by Crippen LogP contribution is 2.51. The van der Waals surface area contributed by atoms with Crippen LogP contribution in [0, 0.1) is 0 Å². The first-order chi connectivity index (χ1) is 18.7. The summed E-state index contributed by atoms with van der Waals surface area (Å²) in [5.41, 5.74) is 4.44. The minimum atomic E-state index is -0.231. The Morgan fingerprint density at radius 3 is 2.55 bits per heavy atom. The summed E-state index contributed by atoms with van der Waals surface area (Å²) in [6.07, 6.45) is 1.66. The molecule has 0 N–H and O–H groups in total. The number of ether oxygens (including phenoxy) is 3. The zero-order valence-corrected chi connectivity index (χ0v) is 22.1. The summed E-state index contributed by atoms with van der Waals surface area (Å²) in [6, 6.07) is 26.3. The molecule has 0 saturated carbocycles. The van der Waals surface area contributed by atoms with E-state index < -0.39 is 0 Å². The lowest BCUT2D eigenvalue weighted by Crippen LogP contribution is -2.15. The van der Waals surface area contributed by atoms with Crippen molar-refractivity contribution in [3.63, 3.8) is 0 Å². The summed E-state index contributed by atoms with van der Waals surface area (Å²) in [5.74, 6) is 2.98. The average molecular weight is 565 g/mol. The Bertz CT molecular complexity index is 1870. The van der Waals surface area contributed by atoms with E-state index in [0.29, 0.717) is 28.9 Å². The largest absolute Gasteiger partial charge is 0.493 e. The normalized spacial score (nSPS) is 14.1. The van der Waals surface area contributed by atoms with Crippen LogP contribution in [0.3, 0.4) is 0 Å². The van der Waals surface area contributed by atoms with Crippen LogP contribution in [0.15, 0.2) is 89.7 Å². The van der Waals surface area contributed by atoms with Gasteiger partial charge >= 0.3 is 0 Å². The zero-order chi connectivity index (χ0) is 25.8. The van der Waals surface area contributed by atoms with Crippen molar-refractivity contribution in [2.75, 3.05) is 14.2 Å². The van der Waals surface area contributed by atoms with Crippen molar-refractivity contribution in [1.29, 1.82) is 0 Å². The summed E-state index contributed by atoms with van der Waals surface area (Å²) in [7, 11) is 3.28. The fraction of sp³-hybridized carbons (Fsp3) is 0.100. The van der Waals surface area contributed by atoms with E-state index in [1.807, 2.05) is 48.5 Å². The fourth-order valence-corrected chi connectivity index (χ4v) is 5.64. The number of fused-ring (bicyclic) bond motifs is 6. The third kappa shape index (κ3) is 3.44. The van der Waals surface area contributed by atoms with E-state index in [-0.39, 0.29) is 5.92 Å². The van der Waals surface area contributed by atoms with Crippen molar-refractivity contribution >= 4 is 32.3 Å². The molecule has 38 heavy (non-hydrogen) atoms. The van der Waals surface area contributed by atoms with Crippen LogP contribution in [0.25, 0.3) is 27.8 Å². The van der Waals surface area contributed by atoms with Crippen LogP contribution in [0.4, 0.5) is 0 Å². The Morgan fingerprint density at radius 2 is 1.71 bits per heavy atom. The molecule has 7 rings (SSSR count). The van der Waals surface area contributed by atoms with Gasteiger partial charge in [0.2, 0.25) is 5.88 Å². The quantitative estimate of drug-likeness (QED) is 0.229. The monoisotopic (exact) mass is 564 g/mol. The van der Waals surface area contributed by atoms with Crippen LogP contribution in [0.5, 0.6) is 23.1 Å². The molecule has 0 radical (unpaired) electrons. The maximum absolute atomic E-state index is 6.53. The molecular weight excluding hydrogens is 544 g/mol. The SMILES string of the molecule is COc1ccc(C2c3ccc4ccccc4c3Oc3ncn4nc(-c5ccccc5Br)nc4c32)cc1OC. The van der Waals surface area contributed by atoms with E-state index in [2.05, 4.69) is 46.3 Å². The molecule has 6 aromatic rings. The van der Waals surface area contributed by atoms with Crippen LogP contribution < -0.4 is 14.2 Å². The van der Waals surface area contributed by atoms with Gasteiger partial charge in [-0.1, -0.05) is 70.5 Å². The smallest absolute Gasteiger partial charge is 0.228 e. The molecule has 2 aromatic heterocycles. The third-order valence-corrected chi connectivity index (χ3v) is 7.64. The second-order valence-electron chi connectivity index (χ2n) is 9.00. The standard InChI is InChI=1S/C30H21BrN4O3/c1-36-23-14-12-18(15-24(23)37-2)25-21-13-11-17-7-3-4-8-19(17)27(21)38-30-26(25)29-33-28(34-35(29)16-32-30)20-9-5-6-10-22(20)31/h3-16,25H,1-2H3. The molecule has 0 aliphatic carbocycles. The molecule has 3 heterocycles. The molecule has 4 aromatic carbocycles. The van der Waals surface area contributed by atoms with Gasteiger partial charge in [-0.2, -0.15) is 0 Å². The Labute approximate surface area is 226 Å². The molecule has 1 aliphatic rings. The number of benzene rings is 4. The minimum absolute atomic E-state index is 0.231. The van der Waals surface area contributed by atoms with Crippen molar-refractivity contribution < 1.29 is 14.2 Å². The molecule has 0 fully saturated rings. The summed E-state index contributed by atoms with van der Waals surface area (Å²) in [4.78, 5) is 9.70. The number of rotatable bonds is 4. The highest BCUT2D eigenvalue weighted by atomic mass is 79.9. The summed E-state index contributed by atoms with van der Waals surface area (Å²) in [5, 5.41) is 6.88. The number of aromatic nitrogens is 4. The van der Waals surface area contributed by atoms with E-state index in [4.69, 9.17) is 29.3 Å². The molecule has 0 spiro atoms. The average Bonchev–Trinajstić information content (AvgIpc) is 3.40. The fourth-order valence-electron chi connectivity index (χ4n) is 5.18. The van der Waals surface area contributed by atoms with Gasteiger partial charge in [-0.25, -0.2) is 14.5 Å². The van der Waals surface area contributed by atoms with Gasteiger partial charge in [0.05, 0.1) is 19.8 Å². The predicted octanol–water partition coefficient (Wildman–Crippen LogP) is 7.01. The van der Waals surface area contributed by atoms with Crippen LogP contribution in [0.1, 0.15) is 22.6 Å². The Hall–Kier alpha value is -4.43. The Balaban J connectivity index is 1.52. The Morgan fingerprint density at radius 1 is 0.895 bits per heavy atom. The molecule has 0 saturated heterocycles. The first-order valence-corrected chi connectivity index (χ1v) is 12.9. The lowest BCUT2D eigenvalue weighted by Gasteiger charge is -2.29. The van der Waals surface area contributed by atoms with Crippen molar-refractivity contribution in [2.24, 2.45) is 0 Å². The molecule has 7 nitrogen and oxygen atoms in total. The summed E-state index contributed by atoms with van der Waals surface area (Å²) >= 11 is 3.63. The molecule has 1 unspecified atom stereocenters. The molecule has 1 aliphatic heterocycles. The van der Waals surface area contributed by atoms with Crippen LogP contribution in [-0.4, -0.2) is 33.8 Å². The number of hydrogen-bond acceptors (Lipinski definition) is 6. The summed E-state index contributed by atoms with van der Waals surface area (Å²) < 4.78 is 20.4. The maximum atomic E-state index is 6.53. The number of nitrogens with zero attached hydrogens (tertiary/aromatic N) is 4. The third-order valence-electron chi connectivity index (χ3n) is 6.95. The summed E-state index contributed by atoms with van der Waals surface area (Å²) in [6.45, 7) is 0. The predicted molar refractivity (Wildman–Crippen MR) is 148 cm³/mol. The number of hydrogen-bond donors (Lipinski definition) is 0. The first kappa shape index (κ1) is 22.7. The first-order valence-electron chi connectivity index (χ1n) is 12.1. The van der Waals surface area contributed by atoms with E-state index >= 15 is 0 Å². The van der Waals surface area contributed by atoms with Crippen molar-refractivity contribution in [2.45, 2.75) is 5.92 Å². The van der Waals surface area contributed by atoms with E-state index in [1.54, 1.807) is 25.1 Å². The van der Waals surface area contributed by atoms with Crippen LogP contribution >= 0.6 is 15.9 Å². The molecule has 0 amide bonds. The van der Waals surface area contributed by atoms with Gasteiger partial charge in [0.15, 0.2) is 23.0 Å². The highest BCUT2D eigenvalue weighted by molar-refractivity contribution is 9.10. The van der Waals surface area contributed by atoms with Crippen LogP contribution in [0.2, 0.25) is 0 Å². The van der Waals surface area contributed by atoms with Crippen molar-refractivity contribution in [3.8, 4) is 34.5 Å². The molecule has 0 bridgehead atoms. The van der Waals surface area contributed by atoms with Gasteiger partial charge in [-0.05, 0) is 35.2 Å². The second kappa shape index (κ2) is 8.85. The van der Waals surface area contributed by atoms with Gasteiger partial charge in [0, 0.05) is 26.9 Å². The molecular formula is C30H21BrN4O3. The van der Waals surface area contributed by atoms with Crippen molar-refractivity contribution in [3.05, 3.63) is 106 Å². The molecule has 186 valence electrons. The number of methoxy groups -OCH3 is 2. The van der Waals surface area contributed by atoms with Gasteiger partial charge in [-0.3, -0.25) is 0 Å². The van der Waals surface area contributed by atoms with Crippen molar-refractivity contribution in [1.82, 2.24) is 19.6 Å². The molecule has 1 atom stereocenters. The molecule has 8 heteroatoms. The topological polar surface area (TPSA) is 70.8 Å². The van der Waals surface area contributed by atoms with Gasteiger partial charge in [0.25, 0.3) is 0 Å².